The molecule has 0 spiro atoms. The van der Waals surface area contributed by atoms with Gasteiger partial charge in [-0.15, -0.1) is 0 Å². The van der Waals surface area contributed by atoms with Crippen molar-refractivity contribution in [3.63, 3.8) is 0 Å². The van der Waals surface area contributed by atoms with E-state index >= 15 is 0 Å². The normalized spacial score (nSPS) is 9.81. The van der Waals surface area contributed by atoms with Gasteiger partial charge in [-0.2, -0.15) is 0 Å². The van der Waals surface area contributed by atoms with Crippen LogP contribution in [-0.2, 0) is 0 Å². The van der Waals surface area contributed by atoms with Crippen molar-refractivity contribution in [3.8, 4) is 0 Å². The second-order valence-corrected chi connectivity index (χ2v) is 4.12. The van der Waals surface area contributed by atoms with Crippen molar-refractivity contribution in [2.45, 2.75) is 6.92 Å². The number of thiocarbonyl (C=S) groups is 1. The number of hydrogen-bond donors (Lipinski definition) is 0. The lowest BCUT2D eigenvalue weighted by atomic mass is 10.2. The number of hydrogen-bond acceptors (Lipinski definition) is 1. The van der Waals surface area contributed by atoms with E-state index in [4.69, 9.17) is 12.2 Å². The second-order valence-electron chi connectivity index (χ2n) is 3.53. The van der Waals surface area contributed by atoms with Crippen molar-refractivity contribution in [3.05, 3.63) is 60.7 Å². The minimum absolute atomic E-state index is 0.845. The van der Waals surface area contributed by atoms with Gasteiger partial charge in [0.2, 0.25) is 0 Å². The van der Waals surface area contributed by atoms with Crippen LogP contribution in [0, 0.1) is 0 Å². The number of nitrogens with zero attached hydrogens (tertiary/aromatic N) is 1. The Labute approximate surface area is 101 Å². The molecule has 2 aromatic rings. The standard InChI is InChI=1S/C14H13NS/c1-12(16)15(13-8-4-2-5-9-13)14-10-6-3-7-11-14/h2-11H,1H3. The molecule has 0 heterocycles. The van der Waals surface area contributed by atoms with Crippen LogP contribution in [0.2, 0.25) is 0 Å². The van der Waals surface area contributed by atoms with E-state index < -0.39 is 0 Å². The van der Waals surface area contributed by atoms with Crippen LogP contribution in [-0.4, -0.2) is 4.99 Å². The van der Waals surface area contributed by atoms with E-state index in [2.05, 4.69) is 29.2 Å². The first-order chi connectivity index (χ1) is 7.79. The van der Waals surface area contributed by atoms with Gasteiger partial charge < -0.3 is 4.90 Å². The smallest absolute Gasteiger partial charge is 0.0838 e. The summed E-state index contributed by atoms with van der Waals surface area (Å²) in [7, 11) is 0. The molecule has 0 N–H and O–H groups in total. The molecule has 0 saturated heterocycles. The van der Waals surface area contributed by atoms with Gasteiger partial charge in [0, 0.05) is 11.4 Å². The molecular formula is C14H13NS. The van der Waals surface area contributed by atoms with Crippen LogP contribution < -0.4 is 4.90 Å². The highest BCUT2D eigenvalue weighted by Gasteiger charge is 2.09. The Morgan fingerprint density at radius 2 is 1.19 bits per heavy atom. The third-order valence-electron chi connectivity index (χ3n) is 2.34. The van der Waals surface area contributed by atoms with Crippen LogP contribution in [0.25, 0.3) is 0 Å². The van der Waals surface area contributed by atoms with Crippen LogP contribution in [0.3, 0.4) is 0 Å². The Morgan fingerprint density at radius 1 is 0.812 bits per heavy atom. The first-order valence-corrected chi connectivity index (χ1v) is 5.60. The van der Waals surface area contributed by atoms with Gasteiger partial charge in [-0.05, 0) is 31.2 Å². The number of anilines is 2. The summed E-state index contributed by atoms with van der Waals surface area (Å²) in [4.78, 5) is 2.91. The van der Waals surface area contributed by atoms with Gasteiger partial charge in [-0.1, -0.05) is 48.6 Å². The fourth-order valence-electron chi connectivity index (χ4n) is 1.67. The molecule has 0 aliphatic heterocycles. The topological polar surface area (TPSA) is 3.24 Å². The Kier molecular flexibility index (Phi) is 3.32. The lowest BCUT2D eigenvalue weighted by Gasteiger charge is -2.23. The van der Waals surface area contributed by atoms with Gasteiger partial charge in [0.05, 0.1) is 4.99 Å². The Balaban J connectivity index is 2.44. The van der Waals surface area contributed by atoms with Crippen LogP contribution in [0.1, 0.15) is 6.92 Å². The van der Waals surface area contributed by atoms with Crippen molar-refractivity contribution in [2.75, 3.05) is 4.90 Å². The van der Waals surface area contributed by atoms with Crippen LogP contribution >= 0.6 is 12.2 Å². The van der Waals surface area contributed by atoms with Crippen molar-refractivity contribution in [1.82, 2.24) is 0 Å². The monoisotopic (exact) mass is 227 g/mol. The summed E-state index contributed by atoms with van der Waals surface area (Å²) in [5, 5.41) is 0. The molecule has 1 nitrogen and oxygen atoms in total. The Hall–Kier alpha value is -1.67. The number of para-hydroxylation sites is 2. The lowest BCUT2D eigenvalue weighted by Crippen LogP contribution is -2.20. The SMILES string of the molecule is CC(=S)N(c1ccccc1)c1ccccc1. The van der Waals surface area contributed by atoms with Gasteiger partial charge in [-0.3, -0.25) is 0 Å². The van der Waals surface area contributed by atoms with Gasteiger partial charge in [0.25, 0.3) is 0 Å². The lowest BCUT2D eigenvalue weighted by molar-refractivity contribution is 1.35. The molecule has 2 aromatic carbocycles. The molecule has 2 heteroatoms. The second kappa shape index (κ2) is 4.90. The summed E-state index contributed by atoms with van der Waals surface area (Å²) in [5.74, 6) is 0. The highest BCUT2D eigenvalue weighted by Crippen LogP contribution is 2.25. The Morgan fingerprint density at radius 3 is 1.50 bits per heavy atom. The van der Waals surface area contributed by atoms with Crippen molar-refractivity contribution < 1.29 is 0 Å². The fourth-order valence-corrected chi connectivity index (χ4v) is 1.88. The summed E-state index contributed by atoms with van der Waals surface area (Å²) in [6.45, 7) is 1.94. The van der Waals surface area contributed by atoms with Gasteiger partial charge in [-0.25, -0.2) is 0 Å². The van der Waals surface area contributed by atoms with Crippen molar-refractivity contribution in [1.29, 1.82) is 0 Å². The van der Waals surface area contributed by atoms with E-state index in [0.717, 1.165) is 16.4 Å². The predicted molar refractivity (Wildman–Crippen MR) is 73.3 cm³/mol. The molecule has 0 unspecified atom stereocenters. The maximum Gasteiger partial charge on any atom is 0.0838 e. The van der Waals surface area contributed by atoms with Gasteiger partial charge >= 0.3 is 0 Å². The molecule has 0 bridgehead atoms. The molecule has 0 radical (unpaired) electrons. The summed E-state index contributed by atoms with van der Waals surface area (Å²) in [5.41, 5.74) is 2.20. The van der Waals surface area contributed by atoms with E-state index in [1.54, 1.807) is 0 Å². The zero-order valence-corrected chi connectivity index (χ0v) is 9.95. The Bertz CT molecular complexity index is 425. The first kappa shape index (κ1) is 10.8. The minimum Gasteiger partial charge on any atom is -0.305 e. The molecular weight excluding hydrogens is 214 g/mol. The number of rotatable bonds is 2. The van der Waals surface area contributed by atoms with E-state index in [9.17, 15) is 0 Å². The van der Waals surface area contributed by atoms with Crippen LogP contribution in [0.15, 0.2) is 60.7 Å². The zero-order chi connectivity index (χ0) is 11.4. The van der Waals surface area contributed by atoms with E-state index in [-0.39, 0.29) is 0 Å². The number of benzene rings is 2. The van der Waals surface area contributed by atoms with E-state index in [1.165, 1.54) is 0 Å². The molecule has 0 aromatic heterocycles. The van der Waals surface area contributed by atoms with Crippen LogP contribution in [0.5, 0.6) is 0 Å². The van der Waals surface area contributed by atoms with Crippen molar-refractivity contribution >= 4 is 28.6 Å². The highest BCUT2D eigenvalue weighted by atomic mass is 32.1. The third kappa shape index (κ3) is 2.28. The van der Waals surface area contributed by atoms with Crippen molar-refractivity contribution in [2.24, 2.45) is 0 Å². The maximum atomic E-state index is 5.31. The molecule has 0 aliphatic rings. The summed E-state index contributed by atoms with van der Waals surface area (Å²) < 4.78 is 0. The third-order valence-corrected chi connectivity index (χ3v) is 2.53. The average molecular weight is 227 g/mol. The molecule has 0 aliphatic carbocycles. The molecule has 0 saturated carbocycles. The molecule has 16 heavy (non-hydrogen) atoms. The molecule has 2 rings (SSSR count). The predicted octanol–water partition coefficient (Wildman–Crippen LogP) is 4.17. The van der Waals surface area contributed by atoms with E-state index in [0.29, 0.717) is 0 Å². The molecule has 0 atom stereocenters. The molecule has 0 amide bonds. The minimum atomic E-state index is 0.845. The van der Waals surface area contributed by atoms with Gasteiger partial charge in [0.15, 0.2) is 0 Å². The largest absolute Gasteiger partial charge is 0.305 e. The van der Waals surface area contributed by atoms with Gasteiger partial charge in [0.1, 0.15) is 0 Å². The zero-order valence-electron chi connectivity index (χ0n) is 9.13. The first-order valence-electron chi connectivity index (χ1n) is 5.20. The molecule has 0 fully saturated rings. The average Bonchev–Trinajstić information content (AvgIpc) is 2.31. The summed E-state index contributed by atoms with van der Waals surface area (Å²) in [6, 6.07) is 20.3. The summed E-state index contributed by atoms with van der Waals surface area (Å²) >= 11 is 5.31. The maximum absolute atomic E-state index is 5.31. The quantitative estimate of drug-likeness (QED) is 0.708. The van der Waals surface area contributed by atoms with Crippen LogP contribution in [0.4, 0.5) is 11.4 Å². The fraction of sp³-hybridized carbons (Fsp3) is 0.0714. The van der Waals surface area contributed by atoms with E-state index in [1.807, 2.05) is 43.3 Å². The molecule has 80 valence electrons. The summed E-state index contributed by atoms with van der Waals surface area (Å²) in [6.07, 6.45) is 0. The highest BCUT2D eigenvalue weighted by molar-refractivity contribution is 7.80.